The van der Waals surface area contributed by atoms with E-state index < -0.39 is 22.8 Å². The third-order valence-corrected chi connectivity index (χ3v) is 22.4. The van der Waals surface area contributed by atoms with E-state index in [9.17, 15) is 0 Å². The number of halogens is 2. The zero-order valence-corrected chi connectivity index (χ0v) is 17.3. The number of nitrogens with zero attached hydrogens (tertiary/aromatic N) is 1. The molecule has 6 heteroatoms. The van der Waals surface area contributed by atoms with Gasteiger partial charge in [-0.1, -0.05) is 67.8 Å². The smallest absolute Gasteiger partial charge is 0.0921 e. The molecule has 1 rings (SSSR count). The highest BCUT2D eigenvalue weighted by Crippen LogP contribution is 2.70. The van der Waals surface area contributed by atoms with Crippen molar-refractivity contribution in [2.24, 2.45) is 0 Å². The van der Waals surface area contributed by atoms with Gasteiger partial charge in [-0.3, -0.25) is 4.98 Å². The van der Waals surface area contributed by atoms with Crippen LogP contribution in [0.25, 0.3) is 0 Å². The number of rotatable bonds is 4. The quantitative estimate of drug-likeness (QED) is 0.469. The van der Waals surface area contributed by atoms with Crippen LogP contribution in [0.1, 0.15) is 11.4 Å². The van der Waals surface area contributed by atoms with Gasteiger partial charge >= 0.3 is 0 Å². The molecule has 108 valence electrons. The average molecular weight is 352 g/mol. The van der Waals surface area contributed by atoms with E-state index in [0.29, 0.717) is 0 Å². The molecule has 0 bridgehead atoms. The predicted octanol–water partition coefficient (Wildman–Crippen LogP) is 6.13. The zero-order chi connectivity index (χ0) is 15.1. The monoisotopic (exact) mass is 351 g/mol. The van der Waals surface area contributed by atoms with E-state index >= 15 is 0 Å². The van der Waals surface area contributed by atoms with Crippen LogP contribution in [-0.4, -0.2) is 21.1 Å². The van der Waals surface area contributed by atoms with Crippen molar-refractivity contribution in [3.8, 4) is 0 Å². The van der Waals surface area contributed by atoms with Gasteiger partial charge in [0, 0.05) is 15.8 Å². The molecule has 0 aromatic carbocycles. The van der Waals surface area contributed by atoms with Crippen LogP contribution in [0.3, 0.4) is 0 Å². The van der Waals surface area contributed by atoms with Crippen molar-refractivity contribution in [1.82, 2.24) is 4.98 Å². The van der Waals surface area contributed by atoms with Gasteiger partial charge in [-0.25, -0.2) is 0 Å². The Labute approximate surface area is 130 Å². The lowest BCUT2D eigenvalue weighted by molar-refractivity contribution is 0.978. The second kappa shape index (κ2) is 5.77. The van der Waals surface area contributed by atoms with Crippen molar-refractivity contribution in [2.45, 2.75) is 50.6 Å². The van der Waals surface area contributed by atoms with Gasteiger partial charge in [-0.2, -0.15) is 0 Å². The lowest BCUT2D eigenvalue weighted by atomic mass is 10.3. The number of hydrogen-bond acceptors (Lipinski definition) is 1. The predicted molar refractivity (Wildman–Crippen MR) is 96.0 cm³/mol. The van der Waals surface area contributed by atoms with Crippen LogP contribution in [0, 0.1) is 6.92 Å². The molecule has 0 amide bonds. The van der Waals surface area contributed by atoms with Crippen LogP contribution in [0.5, 0.6) is 0 Å². The van der Waals surface area contributed by atoms with Crippen molar-refractivity contribution in [3.05, 3.63) is 29.6 Å². The Morgan fingerprint density at radius 1 is 1.00 bits per heavy atom. The number of aromatic nitrogens is 1. The number of aryl methyl sites for hydroxylation is 1. The molecule has 0 aliphatic heterocycles. The van der Waals surface area contributed by atoms with E-state index in [1.807, 2.05) is 13.0 Å². The molecule has 0 unspecified atom stereocenters. The minimum absolute atomic E-state index is 0.0789. The molecule has 0 atom stereocenters. The largest absolute Gasteiger partial charge is 0.258 e. The third-order valence-electron chi connectivity index (χ3n) is 3.68. The second-order valence-electron chi connectivity index (χ2n) is 7.11. The molecule has 0 fully saturated rings. The summed E-state index contributed by atoms with van der Waals surface area (Å²) in [6.45, 7) is 15.1. The molecule has 0 spiro atoms. The van der Waals surface area contributed by atoms with E-state index in [4.69, 9.17) is 27.5 Å². The second-order valence-corrected chi connectivity index (χ2v) is 22.6. The van der Waals surface area contributed by atoms with Gasteiger partial charge in [0.1, 0.15) is 0 Å². The molecule has 0 radical (unpaired) electrons. The Morgan fingerprint density at radius 3 is 1.79 bits per heavy atom. The van der Waals surface area contributed by atoms with Crippen molar-refractivity contribution >= 4 is 45.3 Å². The first-order valence-corrected chi connectivity index (χ1v) is 16.7. The van der Waals surface area contributed by atoms with Gasteiger partial charge in [0.25, 0.3) is 0 Å². The molecule has 0 saturated heterocycles. The Kier molecular flexibility index (Phi) is 5.35. The maximum atomic E-state index is 6.62. The van der Waals surface area contributed by atoms with Gasteiger partial charge in [0.2, 0.25) is 0 Å². The van der Waals surface area contributed by atoms with Gasteiger partial charge in [0.05, 0.1) is 22.8 Å². The normalized spacial score (nSPS) is 14.0. The summed E-state index contributed by atoms with van der Waals surface area (Å²) in [5.41, 5.74) is 2.17. The van der Waals surface area contributed by atoms with E-state index in [-0.39, 0.29) is 4.40 Å². The standard InChI is InChI=1S/C13H24Cl2NPSi2/c1-11-9-8-10-12(16-11)13(17(14)15,18(2,3)4)19(5,6)7/h8-10H,1-7H3. The van der Waals surface area contributed by atoms with E-state index in [1.54, 1.807) is 0 Å². The summed E-state index contributed by atoms with van der Waals surface area (Å²) >= 11 is 13.2. The molecule has 1 aromatic heterocycles. The van der Waals surface area contributed by atoms with Gasteiger partial charge in [-0.05, 0) is 19.1 Å². The minimum atomic E-state index is -1.64. The summed E-state index contributed by atoms with van der Waals surface area (Å²) < 4.78 is -0.0789. The first-order chi connectivity index (χ1) is 8.44. The van der Waals surface area contributed by atoms with Crippen LogP contribution < -0.4 is 0 Å². The summed E-state index contributed by atoms with van der Waals surface area (Å²) in [7, 11) is -3.27. The molecule has 0 aliphatic rings. The Balaban J connectivity index is 3.68. The molecular formula is C13H24Cl2NPSi2. The highest BCUT2D eigenvalue weighted by molar-refractivity contribution is 8.07. The third kappa shape index (κ3) is 3.11. The summed E-state index contributed by atoms with van der Waals surface area (Å²) in [6.07, 6.45) is 0. The van der Waals surface area contributed by atoms with Crippen molar-refractivity contribution < 1.29 is 0 Å². The SMILES string of the molecule is Cc1cccc(C(P(Cl)Cl)([Si](C)(C)C)[Si](C)(C)C)n1. The highest BCUT2D eigenvalue weighted by atomic mass is 35.9. The van der Waals surface area contributed by atoms with E-state index in [1.165, 1.54) is 0 Å². The Morgan fingerprint density at radius 2 is 1.47 bits per heavy atom. The molecule has 1 aromatic rings. The van der Waals surface area contributed by atoms with Crippen molar-refractivity contribution in [3.63, 3.8) is 0 Å². The van der Waals surface area contributed by atoms with Gasteiger partial charge in [0.15, 0.2) is 0 Å². The van der Waals surface area contributed by atoms with E-state index in [0.717, 1.165) is 11.4 Å². The average Bonchev–Trinajstić information content (AvgIpc) is 2.12. The molecule has 0 N–H and O–H groups in total. The fourth-order valence-electron chi connectivity index (χ4n) is 3.23. The number of hydrogen-bond donors (Lipinski definition) is 0. The molecule has 19 heavy (non-hydrogen) atoms. The fraction of sp³-hybridized carbons (Fsp3) is 0.615. The van der Waals surface area contributed by atoms with E-state index in [2.05, 4.69) is 51.4 Å². The lowest BCUT2D eigenvalue weighted by Gasteiger charge is -2.52. The topological polar surface area (TPSA) is 12.9 Å². The minimum Gasteiger partial charge on any atom is -0.258 e. The molecular weight excluding hydrogens is 328 g/mol. The van der Waals surface area contributed by atoms with Gasteiger partial charge < -0.3 is 0 Å². The first kappa shape index (κ1) is 17.6. The first-order valence-electron chi connectivity index (χ1n) is 6.50. The maximum Gasteiger partial charge on any atom is 0.0921 e. The van der Waals surface area contributed by atoms with Crippen LogP contribution in [0.4, 0.5) is 0 Å². The van der Waals surface area contributed by atoms with Crippen molar-refractivity contribution in [2.75, 3.05) is 0 Å². The van der Waals surface area contributed by atoms with Crippen LogP contribution in [0.15, 0.2) is 18.2 Å². The number of pyridine rings is 1. The fourth-order valence-corrected chi connectivity index (χ4v) is 28.0. The lowest BCUT2D eigenvalue weighted by Crippen LogP contribution is -2.61. The van der Waals surface area contributed by atoms with Crippen LogP contribution in [0.2, 0.25) is 39.3 Å². The summed E-state index contributed by atoms with van der Waals surface area (Å²) in [4.78, 5) is 4.82. The molecule has 0 saturated carbocycles. The molecule has 0 aliphatic carbocycles. The van der Waals surface area contributed by atoms with Crippen molar-refractivity contribution in [1.29, 1.82) is 0 Å². The summed E-state index contributed by atoms with van der Waals surface area (Å²) in [5, 5.41) is 0. The molecule has 1 nitrogen and oxygen atoms in total. The summed E-state index contributed by atoms with van der Waals surface area (Å²) in [6, 6.07) is 6.25. The summed E-state index contributed by atoms with van der Waals surface area (Å²) in [5.74, 6) is 0. The zero-order valence-electron chi connectivity index (χ0n) is 12.9. The van der Waals surface area contributed by atoms with Crippen LogP contribution >= 0.6 is 29.1 Å². The Hall–Kier alpha value is 0.594. The molecule has 1 heterocycles. The maximum absolute atomic E-state index is 6.62. The van der Waals surface area contributed by atoms with Gasteiger partial charge in [-0.15, -0.1) is 0 Å². The highest BCUT2D eigenvalue weighted by Gasteiger charge is 2.59. The van der Waals surface area contributed by atoms with Crippen LogP contribution in [-0.2, 0) is 4.40 Å². The Bertz CT molecular complexity index is 439.